The third-order valence-corrected chi connectivity index (χ3v) is 1.99. The molecule has 1 atom stereocenters. The van der Waals surface area contributed by atoms with E-state index in [0.717, 1.165) is 0 Å². The first kappa shape index (κ1) is 8.90. The molecule has 4 heteroatoms. The number of aromatic nitrogens is 2. The number of benzene rings is 1. The van der Waals surface area contributed by atoms with Gasteiger partial charge < -0.3 is 10.2 Å². The van der Waals surface area contributed by atoms with Gasteiger partial charge in [-0.1, -0.05) is 30.3 Å². The predicted molar refractivity (Wildman–Crippen MR) is 51.4 cm³/mol. The average molecular weight is 189 g/mol. The Bertz CT molecular complexity index is 372. The van der Waals surface area contributed by atoms with E-state index in [-0.39, 0.29) is 6.04 Å². The van der Waals surface area contributed by atoms with E-state index in [2.05, 4.69) is 10.2 Å². The molecule has 0 unspecified atom stereocenters. The monoisotopic (exact) mass is 189 g/mol. The van der Waals surface area contributed by atoms with Crippen molar-refractivity contribution in [3.63, 3.8) is 0 Å². The second-order valence-electron chi connectivity index (χ2n) is 3.07. The smallest absolute Gasteiger partial charge is 0.233 e. The number of nitrogens with zero attached hydrogens (tertiary/aromatic N) is 2. The molecular weight excluding hydrogens is 178 g/mol. The highest BCUT2D eigenvalue weighted by Crippen LogP contribution is 2.12. The molecule has 0 aliphatic rings. The molecule has 0 fully saturated rings. The highest BCUT2D eigenvalue weighted by atomic mass is 16.4. The van der Waals surface area contributed by atoms with E-state index < -0.39 is 0 Å². The zero-order valence-corrected chi connectivity index (χ0v) is 7.63. The normalized spacial score (nSPS) is 12.6. The third-order valence-electron chi connectivity index (χ3n) is 1.99. The summed E-state index contributed by atoms with van der Waals surface area (Å²) in [4.78, 5) is 0. The standard InChI is InChI=1S/C10H11N3O/c11-9(10-13-12-7-14-10)6-8-4-2-1-3-5-8/h1-5,7,9H,6,11H2/t9-/m0/s1. The first-order chi connectivity index (χ1) is 6.86. The molecule has 4 nitrogen and oxygen atoms in total. The zero-order chi connectivity index (χ0) is 9.80. The first-order valence-electron chi connectivity index (χ1n) is 4.42. The first-order valence-corrected chi connectivity index (χ1v) is 4.42. The van der Waals surface area contributed by atoms with Crippen LogP contribution in [0.5, 0.6) is 0 Å². The van der Waals surface area contributed by atoms with Crippen molar-refractivity contribution in [2.24, 2.45) is 5.73 Å². The van der Waals surface area contributed by atoms with Crippen LogP contribution >= 0.6 is 0 Å². The SMILES string of the molecule is N[C@@H](Cc1ccccc1)c1nnco1. The molecule has 72 valence electrons. The number of hydrogen-bond acceptors (Lipinski definition) is 4. The van der Waals surface area contributed by atoms with Crippen molar-refractivity contribution < 1.29 is 4.42 Å². The van der Waals surface area contributed by atoms with E-state index in [9.17, 15) is 0 Å². The second-order valence-corrected chi connectivity index (χ2v) is 3.07. The van der Waals surface area contributed by atoms with E-state index in [1.807, 2.05) is 30.3 Å². The number of nitrogens with two attached hydrogens (primary N) is 1. The van der Waals surface area contributed by atoms with Crippen LogP contribution in [0.25, 0.3) is 0 Å². The maximum absolute atomic E-state index is 5.88. The average Bonchev–Trinajstić information content (AvgIpc) is 2.72. The Hall–Kier alpha value is -1.68. The molecule has 0 amide bonds. The second kappa shape index (κ2) is 4.02. The predicted octanol–water partition coefficient (Wildman–Crippen LogP) is 1.31. The Labute approximate surface area is 81.8 Å². The zero-order valence-electron chi connectivity index (χ0n) is 7.63. The summed E-state index contributed by atoms with van der Waals surface area (Å²) in [6.07, 6.45) is 2.00. The van der Waals surface area contributed by atoms with E-state index in [4.69, 9.17) is 10.2 Å². The molecule has 0 saturated carbocycles. The minimum atomic E-state index is -0.222. The van der Waals surface area contributed by atoms with Crippen LogP contribution in [0.4, 0.5) is 0 Å². The fourth-order valence-electron chi connectivity index (χ4n) is 1.30. The molecule has 2 N–H and O–H groups in total. The summed E-state index contributed by atoms with van der Waals surface area (Å²) in [6.45, 7) is 0. The molecule has 0 bridgehead atoms. The molecule has 2 rings (SSSR count). The Morgan fingerprint density at radius 3 is 2.71 bits per heavy atom. The van der Waals surface area contributed by atoms with Crippen molar-refractivity contribution in [3.8, 4) is 0 Å². The van der Waals surface area contributed by atoms with Gasteiger partial charge in [-0.05, 0) is 12.0 Å². The Kier molecular flexibility index (Phi) is 2.55. The van der Waals surface area contributed by atoms with Crippen LogP contribution in [-0.4, -0.2) is 10.2 Å². The lowest BCUT2D eigenvalue weighted by molar-refractivity contribution is 0.448. The summed E-state index contributed by atoms with van der Waals surface area (Å²) >= 11 is 0. The van der Waals surface area contributed by atoms with Gasteiger partial charge in [0, 0.05) is 0 Å². The van der Waals surface area contributed by atoms with E-state index >= 15 is 0 Å². The van der Waals surface area contributed by atoms with Crippen LogP contribution in [0.3, 0.4) is 0 Å². The molecule has 0 saturated heterocycles. The topological polar surface area (TPSA) is 64.9 Å². The summed E-state index contributed by atoms with van der Waals surface area (Å²) in [6, 6.07) is 9.76. The lowest BCUT2D eigenvalue weighted by Gasteiger charge is -2.05. The molecular formula is C10H11N3O. The number of hydrogen-bond donors (Lipinski definition) is 1. The van der Waals surface area contributed by atoms with Gasteiger partial charge in [0.15, 0.2) is 0 Å². The maximum atomic E-state index is 5.88. The maximum Gasteiger partial charge on any atom is 0.233 e. The van der Waals surface area contributed by atoms with Crippen LogP contribution < -0.4 is 5.73 Å². The van der Waals surface area contributed by atoms with Gasteiger partial charge in [-0.25, -0.2) is 0 Å². The Balaban J connectivity index is 2.06. The lowest BCUT2D eigenvalue weighted by Crippen LogP contribution is -2.13. The molecule has 14 heavy (non-hydrogen) atoms. The van der Waals surface area contributed by atoms with Crippen molar-refractivity contribution >= 4 is 0 Å². The molecule has 0 spiro atoms. The fourth-order valence-corrected chi connectivity index (χ4v) is 1.30. The minimum Gasteiger partial charge on any atom is -0.426 e. The molecule has 1 aromatic heterocycles. The molecule has 0 aliphatic carbocycles. The minimum absolute atomic E-state index is 0.222. The van der Waals surface area contributed by atoms with E-state index in [1.54, 1.807) is 0 Å². The van der Waals surface area contributed by atoms with Crippen LogP contribution in [0.15, 0.2) is 41.1 Å². The van der Waals surface area contributed by atoms with Gasteiger partial charge in [-0.3, -0.25) is 0 Å². The van der Waals surface area contributed by atoms with Gasteiger partial charge in [0.05, 0.1) is 6.04 Å². The molecule has 2 aromatic rings. The summed E-state index contributed by atoms with van der Waals surface area (Å²) in [5, 5.41) is 7.36. The van der Waals surface area contributed by atoms with E-state index in [1.165, 1.54) is 12.0 Å². The van der Waals surface area contributed by atoms with Gasteiger partial charge in [0.2, 0.25) is 12.3 Å². The largest absolute Gasteiger partial charge is 0.426 e. The summed E-state index contributed by atoms with van der Waals surface area (Å²) in [5.41, 5.74) is 7.04. The quantitative estimate of drug-likeness (QED) is 0.790. The summed E-state index contributed by atoms with van der Waals surface area (Å²) in [5.74, 6) is 0.480. The van der Waals surface area contributed by atoms with Crippen LogP contribution in [0.1, 0.15) is 17.5 Å². The van der Waals surface area contributed by atoms with Crippen molar-refractivity contribution in [3.05, 3.63) is 48.2 Å². The number of rotatable bonds is 3. The fraction of sp³-hybridized carbons (Fsp3) is 0.200. The Morgan fingerprint density at radius 2 is 2.07 bits per heavy atom. The van der Waals surface area contributed by atoms with Gasteiger partial charge >= 0.3 is 0 Å². The summed E-state index contributed by atoms with van der Waals surface area (Å²) < 4.78 is 5.02. The van der Waals surface area contributed by atoms with E-state index in [0.29, 0.717) is 12.3 Å². The van der Waals surface area contributed by atoms with Crippen LogP contribution in [0.2, 0.25) is 0 Å². The lowest BCUT2D eigenvalue weighted by atomic mass is 10.1. The molecule has 1 heterocycles. The third kappa shape index (κ3) is 1.97. The van der Waals surface area contributed by atoms with Crippen LogP contribution in [-0.2, 0) is 6.42 Å². The van der Waals surface area contributed by atoms with Gasteiger partial charge in [0.1, 0.15) is 0 Å². The molecule has 1 aromatic carbocycles. The van der Waals surface area contributed by atoms with Crippen molar-refractivity contribution in [1.29, 1.82) is 0 Å². The van der Waals surface area contributed by atoms with Gasteiger partial charge in [0.25, 0.3) is 0 Å². The van der Waals surface area contributed by atoms with Crippen molar-refractivity contribution in [2.45, 2.75) is 12.5 Å². The molecule has 0 aliphatic heterocycles. The van der Waals surface area contributed by atoms with Crippen molar-refractivity contribution in [2.75, 3.05) is 0 Å². The van der Waals surface area contributed by atoms with Crippen LogP contribution in [0, 0.1) is 0 Å². The van der Waals surface area contributed by atoms with Gasteiger partial charge in [-0.15, -0.1) is 10.2 Å². The van der Waals surface area contributed by atoms with Gasteiger partial charge in [-0.2, -0.15) is 0 Å². The highest BCUT2D eigenvalue weighted by Gasteiger charge is 2.11. The summed E-state index contributed by atoms with van der Waals surface area (Å²) in [7, 11) is 0. The highest BCUT2D eigenvalue weighted by molar-refractivity contribution is 5.16. The van der Waals surface area contributed by atoms with Crippen molar-refractivity contribution in [1.82, 2.24) is 10.2 Å². The Morgan fingerprint density at radius 1 is 1.29 bits per heavy atom. The molecule has 0 radical (unpaired) electrons.